The van der Waals surface area contributed by atoms with Gasteiger partial charge in [-0.25, -0.2) is 0 Å². The number of nitrogens with one attached hydrogen (secondary N) is 3. The summed E-state index contributed by atoms with van der Waals surface area (Å²) in [6.07, 6.45) is 1.98. The first-order valence-corrected chi connectivity index (χ1v) is 13.0. The van der Waals surface area contributed by atoms with Gasteiger partial charge in [0, 0.05) is 26.7 Å². The molecule has 0 bridgehead atoms. The van der Waals surface area contributed by atoms with Crippen molar-refractivity contribution < 1.29 is 33.4 Å². The van der Waals surface area contributed by atoms with E-state index in [9.17, 15) is 24.0 Å². The molecule has 11 nitrogen and oxygen atoms in total. The molecule has 2 heterocycles. The molecule has 0 spiro atoms. The molecular formula is C27H38N4O7. The van der Waals surface area contributed by atoms with Crippen LogP contribution in [0, 0.1) is 0 Å². The van der Waals surface area contributed by atoms with Crippen molar-refractivity contribution in [2.75, 3.05) is 33.5 Å². The Bertz CT molecular complexity index is 1010. The first-order chi connectivity index (χ1) is 18.1. The van der Waals surface area contributed by atoms with E-state index in [1.807, 2.05) is 30.3 Å². The molecule has 2 saturated heterocycles. The molecule has 4 amide bonds. The van der Waals surface area contributed by atoms with Crippen LogP contribution in [0.25, 0.3) is 0 Å². The molecule has 0 unspecified atom stereocenters. The fraction of sp³-hybridized carbons (Fsp3) is 0.593. The lowest BCUT2D eigenvalue weighted by atomic mass is 9.98. The summed E-state index contributed by atoms with van der Waals surface area (Å²) in [4.78, 5) is 66.5. The van der Waals surface area contributed by atoms with Gasteiger partial charge >= 0.3 is 0 Å². The van der Waals surface area contributed by atoms with Crippen LogP contribution in [0.5, 0.6) is 0 Å². The normalized spacial score (nSPS) is 24.0. The SMILES string of the molecule is COCC(=O)COCCC[C@@H]1NC(=O)[C@H]2CCCN2C(=O)[C@H](Cc2ccccc2)NC(=O)C(C)(C)NC1=O. The maximum atomic E-state index is 13.6. The van der Waals surface area contributed by atoms with Crippen LogP contribution in [0.2, 0.25) is 0 Å². The molecule has 1 aromatic rings. The molecule has 0 radical (unpaired) electrons. The Morgan fingerprint density at radius 3 is 2.47 bits per heavy atom. The van der Waals surface area contributed by atoms with E-state index in [0.717, 1.165) is 5.56 Å². The Morgan fingerprint density at radius 2 is 1.76 bits per heavy atom. The monoisotopic (exact) mass is 530 g/mol. The second-order valence-corrected chi connectivity index (χ2v) is 10.2. The van der Waals surface area contributed by atoms with Crippen molar-refractivity contribution in [2.24, 2.45) is 0 Å². The van der Waals surface area contributed by atoms with Crippen molar-refractivity contribution in [1.82, 2.24) is 20.9 Å². The summed E-state index contributed by atoms with van der Waals surface area (Å²) in [7, 11) is 1.42. The molecule has 2 fully saturated rings. The van der Waals surface area contributed by atoms with E-state index in [4.69, 9.17) is 9.47 Å². The quantitative estimate of drug-likeness (QED) is 0.365. The summed E-state index contributed by atoms with van der Waals surface area (Å²) in [5.74, 6) is -1.94. The molecule has 0 aromatic heterocycles. The predicted octanol–water partition coefficient (Wildman–Crippen LogP) is 0.110. The van der Waals surface area contributed by atoms with Crippen LogP contribution in [0.1, 0.15) is 45.1 Å². The highest BCUT2D eigenvalue weighted by molar-refractivity contribution is 5.99. The highest BCUT2D eigenvalue weighted by Crippen LogP contribution is 2.21. The summed E-state index contributed by atoms with van der Waals surface area (Å²) < 4.78 is 10.1. The van der Waals surface area contributed by atoms with E-state index in [1.165, 1.54) is 12.0 Å². The molecule has 38 heavy (non-hydrogen) atoms. The molecule has 0 aliphatic carbocycles. The van der Waals surface area contributed by atoms with Crippen LogP contribution in [0.15, 0.2) is 30.3 Å². The number of amides is 4. The summed E-state index contributed by atoms with van der Waals surface area (Å²) in [5, 5.41) is 8.35. The maximum absolute atomic E-state index is 13.6. The zero-order valence-electron chi connectivity index (χ0n) is 22.3. The third kappa shape index (κ3) is 7.84. The van der Waals surface area contributed by atoms with Crippen LogP contribution >= 0.6 is 0 Å². The van der Waals surface area contributed by atoms with Gasteiger partial charge in [0.1, 0.15) is 36.9 Å². The lowest BCUT2D eigenvalue weighted by Crippen LogP contribution is -2.64. The Morgan fingerprint density at radius 1 is 1.03 bits per heavy atom. The fourth-order valence-electron chi connectivity index (χ4n) is 4.66. The molecule has 2 aliphatic rings. The average Bonchev–Trinajstić information content (AvgIpc) is 3.37. The number of methoxy groups -OCH3 is 1. The first-order valence-electron chi connectivity index (χ1n) is 13.0. The second kappa shape index (κ2) is 13.5. The van der Waals surface area contributed by atoms with Crippen LogP contribution in [-0.4, -0.2) is 91.5 Å². The largest absolute Gasteiger partial charge is 0.377 e. The Kier molecular flexibility index (Phi) is 10.4. The molecule has 3 rings (SSSR count). The summed E-state index contributed by atoms with van der Waals surface area (Å²) in [5.41, 5.74) is -0.478. The molecule has 0 saturated carbocycles. The van der Waals surface area contributed by atoms with E-state index < -0.39 is 41.4 Å². The number of rotatable bonds is 10. The van der Waals surface area contributed by atoms with E-state index in [-0.39, 0.29) is 44.4 Å². The minimum Gasteiger partial charge on any atom is -0.377 e. The number of benzene rings is 1. The first kappa shape index (κ1) is 29.2. The molecular weight excluding hydrogens is 492 g/mol. The lowest BCUT2D eigenvalue weighted by molar-refractivity contribution is -0.144. The second-order valence-electron chi connectivity index (χ2n) is 10.2. The lowest BCUT2D eigenvalue weighted by Gasteiger charge is -2.34. The smallest absolute Gasteiger partial charge is 0.246 e. The van der Waals surface area contributed by atoms with Gasteiger partial charge in [-0.3, -0.25) is 24.0 Å². The number of nitrogens with zero attached hydrogens (tertiary/aromatic N) is 1. The van der Waals surface area contributed by atoms with E-state index >= 15 is 0 Å². The van der Waals surface area contributed by atoms with Gasteiger partial charge in [0.2, 0.25) is 23.6 Å². The maximum Gasteiger partial charge on any atom is 0.246 e. The van der Waals surface area contributed by atoms with Crippen molar-refractivity contribution in [3.8, 4) is 0 Å². The number of fused-ring (bicyclic) bond motifs is 1. The topological polar surface area (TPSA) is 143 Å². The van der Waals surface area contributed by atoms with Gasteiger partial charge in [-0.1, -0.05) is 30.3 Å². The third-order valence-corrected chi connectivity index (χ3v) is 6.71. The van der Waals surface area contributed by atoms with E-state index in [2.05, 4.69) is 16.0 Å². The van der Waals surface area contributed by atoms with Crippen molar-refractivity contribution in [3.63, 3.8) is 0 Å². The summed E-state index contributed by atoms with van der Waals surface area (Å²) >= 11 is 0. The average molecular weight is 531 g/mol. The highest BCUT2D eigenvalue weighted by Gasteiger charge is 2.42. The van der Waals surface area contributed by atoms with Crippen LogP contribution in [0.4, 0.5) is 0 Å². The number of ether oxygens (including phenoxy) is 2. The minimum atomic E-state index is -1.35. The summed E-state index contributed by atoms with van der Waals surface area (Å²) in [6, 6.07) is 6.77. The fourth-order valence-corrected chi connectivity index (χ4v) is 4.66. The van der Waals surface area contributed by atoms with Gasteiger partial charge < -0.3 is 30.3 Å². The number of carbonyl (C=O) groups excluding carboxylic acids is 5. The van der Waals surface area contributed by atoms with Crippen molar-refractivity contribution in [1.29, 1.82) is 0 Å². The van der Waals surface area contributed by atoms with Gasteiger partial charge in [0.15, 0.2) is 5.78 Å². The zero-order valence-corrected chi connectivity index (χ0v) is 22.3. The Balaban J connectivity index is 1.77. The zero-order chi connectivity index (χ0) is 27.7. The van der Waals surface area contributed by atoms with Crippen LogP contribution in [-0.2, 0) is 39.9 Å². The third-order valence-electron chi connectivity index (χ3n) is 6.71. The number of Topliss-reactive ketones (excluding diaryl/α,β-unsaturated/α-hetero) is 1. The van der Waals surface area contributed by atoms with E-state index in [0.29, 0.717) is 25.8 Å². The van der Waals surface area contributed by atoms with Crippen molar-refractivity contribution in [2.45, 2.75) is 69.6 Å². The highest BCUT2D eigenvalue weighted by atomic mass is 16.5. The van der Waals surface area contributed by atoms with Gasteiger partial charge in [-0.2, -0.15) is 0 Å². The molecule has 3 N–H and O–H groups in total. The van der Waals surface area contributed by atoms with E-state index in [1.54, 1.807) is 13.8 Å². The molecule has 208 valence electrons. The van der Waals surface area contributed by atoms with Crippen LogP contribution in [0.3, 0.4) is 0 Å². The predicted molar refractivity (Wildman–Crippen MR) is 138 cm³/mol. The number of ketones is 1. The number of hydrogen-bond acceptors (Lipinski definition) is 7. The molecule has 11 heteroatoms. The molecule has 1 aromatic carbocycles. The summed E-state index contributed by atoms with van der Waals surface area (Å²) in [6.45, 7) is 3.56. The van der Waals surface area contributed by atoms with Crippen molar-refractivity contribution in [3.05, 3.63) is 35.9 Å². The molecule has 3 atom stereocenters. The Labute approximate surface area is 223 Å². The number of hydrogen-bond donors (Lipinski definition) is 3. The number of carbonyl (C=O) groups is 5. The van der Waals surface area contributed by atoms with Gasteiger partial charge in [0.05, 0.1) is 0 Å². The van der Waals surface area contributed by atoms with Crippen molar-refractivity contribution >= 4 is 29.4 Å². The minimum absolute atomic E-state index is 0.0406. The molecule has 2 aliphatic heterocycles. The van der Waals surface area contributed by atoms with Gasteiger partial charge in [-0.15, -0.1) is 0 Å². The van der Waals surface area contributed by atoms with Gasteiger partial charge in [0.25, 0.3) is 0 Å². The Hall–Kier alpha value is -3.31. The standard InChI is InChI=1S/C27H38N4O7/c1-27(2)26(36)29-21(15-18-9-5-4-6-10-18)25(35)31-13-7-12-22(31)24(34)28-20(23(33)30-27)11-8-14-38-17-19(32)16-37-3/h4-6,9-10,20-22H,7-8,11-17H2,1-3H3,(H,28,34)(H,29,36)(H,30,33)/t20-,21-,22+/m0/s1. The van der Waals surface area contributed by atoms with Crippen LogP contribution < -0.4 is 16.0 Å². The van der Waals surface area contributed by atoms with Gasteiger partial charge in [-0.05, 0) is 45.1 Å².